The Morgan fingerprint density at radius 3 is 2.15 bits per heavy atom. The average Bonchev–Trinajstić information content (AvgIpc) is 2.58. The number of hydrogen-bond donors (Lipinski definition) is 1. The number of benzene rings is 1. The Hall–Kier alpha value is -1.64. The van der Waals surface area contributed by atoms with Gasteiger partial charge in [-0.3, -0.25) is 9.69 Å². The summed E-state index contributed by atoms with van der Waals surface area (Å²) in [5.41, 5.74) is 5.34. The van der Waals surface area contributed by atoms with Crippen LogP contribution in [0.25, 0.3) is 0 Å². The van der Waals surface area contributed by atoms with Gasteiger partial charge in [-0.1, -0.05) is 0 Å². The lowest BCUT2D eigenvalue weighted by Crippen LogP contribution is -2.49. The number of piperazine rings is 1. The minimum atomic E-state index is -0.722. The first-order valence-corrected chi connectivity index (χ1v) is 8.82. The Bertz CT molecular complexity index is 601. The van der Waals surface area contributed by atoms with Crippen molar-refractivity contribution < 1.29 is 23.0 Å². The molecule has 0 unspecified atom stereocenters. The Labute approximate surface area is 165 Å². The van der Waals surface area contributed by atoms with Gasteiger partial charge in [0.15, 0.2) is 11.6 Å². The molecule has 0 bridgehead atoms. The van der Waals surface area contributed by atoms with E-state index >= 15 is 0 Å². The standard InChI is InChI=1S/C18H27F2N3O3.ClH/c1-12(2)22-4-6-23(7-5-22)17-15(19)10-14(11-16(17)20)25-8-9-26-18(24)13(3)21;/h10-13H,4-9,21H2,1-3H3;1H/t13-;/m1./s1. The van der Waals surface area contributed by atoms with Crippen LogP contribution in [-0.2, 0) is 9.53 Å². The third-order valence-corrected chi connectivity index (χ3v) is 4.32. The molecular weight excluding hydrogens is 380 g/mol. The van der Waals surface area contributed by atoms with Crippen LogP contribution in [0.5, 0.6) is 5.75 Å². The van der Waals surface area contributed by atoms with Gasteiger partial charge >= 0.3 is 5.97 Å². The van der Waals surface area contributed by atoms with Gasteiger partial charge in [0.2, 0.25) is 0 Å². The molecule has 0 radical (unpaired) electrons. The monoisotopic (exact) mass is 407 g/mol. The second kappa shape index (κ2) is 10.6. The zero-order valence-electron chi connectivity index (χ0n) is 15.9. The maximum Gasteiger partial charge on any atom is 0.322 e. The molecule has 154 valence electrons. The van der Waals surface area contributed by atoms with Crippen LogP contribution in [0.4, 0.5) is 14.5 Å². The van der Waals surface area contributed by atoms with Gasteiger partial charge in [0.25, 0.3) is 0 Å². The van der Waals surface area contributed by atoms with Crippen LogP contribution < -0.4 is 15.4 Å². The summed E-state index contributed by atoms with van der Waals surface area (Å²) in [6.07, 6.45) is 0. The highest BCUT2D eigenvalue weighted by Crippen LogP contribution is 2.29. The van der Waals surface area contributed by atoms with Crippen LogP contribution in [0.2, 0.25) is 0 Å². The Morgan fingerprint density at radius 1 is 1.11 bits per heavy atom. The number of ether oxygens (including phenoxy) is 2. The molecule has 1 aromatic carbocycles. The van der Waals surface area contributed by atoms with Crippen LogP contribution in [-0.4, -0.2) is 62.3 Å². The average molecular weight is 408 g/mol. The van der Waals surface area contributed by atoms with E-state index in [0.717, 1.165) is 25.2 Å². The number of halogens is 3. The summed E-state index contributed by atoms with van der Waals surface area (Å²) < 4.78 is 38.9. The molecule has 2 rings (SSSR count). The van der Waals surface area contributed by atoms with Crippen molar-refractivity contribution in [2.75, 3.05) is 44.3 Å². The van der Waals surface area contributed by atoms with E-state index in [1.165, 1.54) is 6.92 Å². The van der Waals surface area contributed by atoms with Crippen molar-refractivity contribution in [3.63, 3.8) is 0 Å². The third-order valence-electron chi connectivity index (χ3n) is 4.32. The maximum atomic E-state index is 14.4. The van der Waals surface area contributed by atoms with Gasteiger partial charge in [-0.15, -0.1) is 12.4 Å². The van der Waals surface area contributed by atoms with Gasteiger partial charge in [-0.25, -0.2) is 8.78 Å². The van der Waals surface area contributed by atoms with E-state index in [1.54, 1.807) is 4.90 Å². The van der Waals surface area contributed by atoms with Crippen molar-refractivity contribution in [2.45, 2.75) is 32.9 Å². The largest absolute Gasteiger partial charge is 0.490 e. The highest BCUT2D eigenvalue weighted by molar-refractivity contribution is 5.85. The van der Waals surface area contributed by atoms with Crippen LogP contribution in [0, 0.1) is 11.6 Å². The molecule has 0 spiro atoms. The summed E-state index contributed by atoms with van der Waals surface area (Å²) >= 11 is 0. The Balaban J connectivity index is 0.00000364. The van der Waals surface area contributed by atoms with Gasteiger partial charge in [-0.2, -0.15) is 0 Å². The molecule has 1 fully saturated rings. The fourth-order valence-corrected chi connectivity index (χ4v) is 2.82. The lowest BCUT2D eigenvalue weighted by atomic mass is 10.2. The summed E-state index contributed by atoms with van der Waals surface area (Å²) in [5, 5.41) is 0. The third kappa shape index (κ3) is 6.48. The fraction of sp³-hybridized carbons (Fsp3) is 0.611. The number of nitrogens with two attached hydrogens (primary N) is 1. The first-order chi connectivity index (χ1) is 12.3. The molecule has 9 heteroatoms. The summed E-state index contributed by atoms with van der Waals surface area (Å²) in [6, 6.07) is 2.00. The highest BCUT2D eigenvalue weighted by Gasteiger charge is 2.24. The molecule has 1 saturated heterocycles. The summed E-state index contributed by atoms with van der Waals surface area (Å²) in [5.74, 6) is -1.82. The number of anilines is 1. The number of rotatable bonds is 7. The van der Waals surface area contributed by atoms with Crippen LogP contribution >= 0.6 is 12.4 Å². The normalized spacial score (nSPS) is 16.0. The Morgan fingerprint density at radius 2 is 1.67 bits per heavy atom. The molecule has 0 aromatic heterocycles. The molecule has 1 aliphatic heterocycles. The van der Waals surface area contributed by atoms with E-state index in [4.69, 9.17) is 15.2 Å². The molecule has 1 aromatic rings. The minimum absolute atomic E-state index is 0. The van der Waals surface area contributed by atoms with Crippen molar-refractivity contribution in [2.24, 2.45) is 5.73 Å². The van der Waals surface area contributed by atoms with Crippen LogP contribution in [0.15, 0.2) is 12.1 Å². The molecule has 0 amide bonds. The Kier molecular flexibility index (Phi) is 9.21. The van der Waals surface area contributed by atoms with Crippen molar-refractivity contribution in [3.8, 4) is 5.75 Å². The second-order valence-electron chi connectivity index (χ2n) is 6.66. The number of carbonyl (C=O) groups is 1. The van der Waals surface area contributed by atoms with Gasteiger partial charge in [0.1, 0.15) is 30.7 Å². The molecule has 0 aliphatic carbocycles. The van der Waals surface area contributed by atoms with Gasteiger partial charge in [0.05, 0.1) is 0 Å². The smallest absolute Gasteiger partial charge is 0.322 e. The van der Waals surface area contributed by atoms with E-state index in [0.29, 0.717) is 19.1 Å². The lowest BCUT2D eigenvalue weighted by Gasteiger charge is -2.38. The quantitative estimate of drug-likeness (QED) is 0.552. The van der Waals surface area contributed by atoms with Crippen LogP contribution in [0.3, 0.4) is 0 Å². The van der Waals surface area contributed by atoms with E-state index in [-0.39, 0.29) is 37.1 Å². The second-order valence-corrected chi connectivity index (χ2v) is 6.66. The molecule has 6 nitrogen and oxygen atoms in total. The SMILES string of the molecule is CC(C)N1CCN(c2c(F)cc(OCCOC(=O)[C@@H](C)N)cc2F)CC1.Cl. The van der Waals surface area contributed by atoms with E-state index in [2.05, 4.69) is 18.7 Å². The van der Waals surface area contributed by atoms with Crippen LogP contribution in [0.1, 0.15) is 20.8 Å². The van der Waals surface area contributed by atoms with Gasteiger partial charge in [-0.05, 0) is 20.8 Å². The van der Waals surface area contributed by atoms with E-state index in [9.17, 15) is 13.6 Å². The van der Waals surface area contributed by atoms with E-state index < -0.39 is 23.6 Å². The molecular formula is C18H28ClF2N3O3. The predicted octanol–water partition coefficient (Wildman–Crippen LogP) is 2.19. The number of nitrogens with zero attached hydrogens (tertiary/aromatic N) is 2. The molecule has 1 aliphatic rings. The summed E-state index contributed by atoms with van der Waals surface area (Å²) in [4.78, 5) is 15.2. The molecule has 1 heterocycles. The van der Waals surface area contributed by atoms with Gasteiger partial charge < -0.3 is 20.1 Å². The topological polar surface area (TPSA) is 68.0 Å². The molecule has 0 saturated carbocycles. The van der Waals surface area contributed by atoms with Crippen molar-refractivity contribution in [1.82, 2.24) is 4.90 Å². The molecule has 2 N–H and O–H groups in total. The predicted molar refractivity (Wildman–Crippen MR) is 103 cm³/mol. The maximum absolute atomic E-state index is 14.4. The van der Waals surface area contributed by atoms with Gasteiger partial charge in [0, 0.05) is 44.4 Å². The summed E-state index contributed by atoms with van der Waals surface area (Å²) in [7, 11) is 0. The fourth-order valence-electron chi connectivity index (χ4n) is 2.82. The van der Waals surface area contributed by atoms with E-state index in [1.807, 2.05) is 0 Å². The lowest BCUT2D eigenvalue weighted by molar-refractivity contribution is -0.145. The minimum Gasteiger partial charge on any atom is -0.490 e. The first-order valence-electron chi connectivity index (χ1n) is 8.82. The van der Waals surface area contributed by atoms with Crippen molar-refractivity contribution in [3.05, 3.63) is 23.8 Å². The molecule has 1 atom stereocenters. The van der Waals surface area contributed by atoms with Crippen molar-refractivity contribution >= 4 is 24.1 Å². The zero-order chi connectivity index (χ0) is 19.3. The number of esters is 1. The number of carbonyl (C=O) groups excluding carboxylic acids is 1. The van der Waals surface area contributed by atoms with Crippen molar-refractivity contribution in [1.29, 1.82) is 0 Å². The zero-order valence-corrected chi connectivity index (χ0v) is 16.7. The first kappa shape index (κ1) is 23.4. The summed E-state index contributed by atoms with van der Waals surface area (Å²) in [6.45, 7) is 8.33. The highest BCUT2D eigenvalue weighted by atomic mass is 35.5. The number of hydrogen-bond acceptors (Lipinski definition) is 6. The molecule has 27 heavy (non-hydrogen) atoms.